The third kappa shape index (κ3) is 5.20. The lowest BCUT2D eigenvalue weighted by molar-refractivity contribution is 0.0438. The van der Waals surface area contributed by atoms with Crippen molar-refractivity contribution in [1.29, 1.82) is 0 Å². The SMILES string of the molecule is COCCONS(=O)(=O)CC1CC1. The lowest BCUT2D eigenvalue weighted by Gasteiger charge is -2.05. The van der Waals surface area contributed by atoms with Crippen molar-refractivity contribution < 1.29 is 18.0 Å². The summed E-state index contributed by atoms with van der Waals surface area (Å²) in [7, 11) is -1.70. The van der Waals surface area contributed by atoms with Gasteiger partial charge in [-0.2, -0.15) is 0 Å². The zero-order chi connectivity index (χ0) is 9.73. The summed E-state index contributed by atoms with van der Waals surface area (Å²) < 4.78 is 27.0. The van der Waals surface area contributed by atoms with E-state index in [1.165, 1.54) is 7.11 Å². The number of ether oxygens (including phenoxy) is 1. The quantitative estimate of drug-likeness (QED) is 0.469. The van der Waals surface area contributed by atoms with Crippen LogP contribution in [0.15, 0.2) is 0 Å². The van der Waals surface area contributed by atoms with Crippen LogP contribution in [-0.4, -0.2) is 34.5 Å². The van der Waals surface area contributed by atoms with Crippen LogP contribution in [-0.2, 0) is 19.6 Å². The van der Waals surface area contributed by atoms with Crippen LogP contribution in [0.25, 0.3) is 0 Å². The summed E-state index contributed by atoms with van der Waals surface area (Å²) in [5, 5.41) is 0. The molecule has 13 heavy (non-hydrogen) atoms. The van der Waals surface area contributed by atoms with Gasteiger partial charge in [0, 0.05) is 7.11 Å². The van der Waals surface area contributed by atoms with E-state index in [0.717, 1.165) is 12.8 Å². The van der Waals surface area contributed by atoms with Crippen LogP contribution in [0.1, 0.15) is 12.8 Å². The van der Waals surface area contributed by atoms with E-state index < -0.39 is 10.0 Å². The van der Waals surface area contributed by atoms with Crippen LogP contribution in [0.5, 0.6) is 0 Å². The predicted molar refractivity (Wildman–Crippen MR) is 47.5 cm³/mol. The fraction of sp³-hybridized carbons (Fsp3) is 1.00. The second-order valence-electron chi connectivity index (χ2n) is 3.15. The summed E-state index contributed by atoms with van der Waals surface area (Å²) in [6, 6.07) is 0. The molecule has 0 heterocycles. The van der Waals surface area contributed by atoms with Gasteiger partial charge in [-0.15, -0.1) is 0 Å². The lowest BCUT2D eigenvalue weighted by Crippen LogP contribution is -2.28. The standard InChI is InChI=1S/C7H15NO4S/c1-11-4-5-12-8-13(9,10)6-7-2-3-7/h7-8H,2-6H2,1H3. The first-order valence-corrected chi connectivity index (χ1v) is 5.89. The molecule has 1 aliphatic carbocycles. The molecule has 0 saturated heterocycles. The van der Waals surface area contributed by atoms with Gasteiger partial charge in [0.25, 0.3) is 0 Å². The summed E-state index contributed by atoms with van der Waals surface area (Å²) >= 11 is 0. The number of sulfonamides is 1. The first-order chi connectivity index (χ1) is 6.14. The van der Waals surface area contributed by atoms with Gasteiger partial charge in [0.1, 0.15) is 0 Å². The fourth-order valence-corrected chi connectivity index (χ4v) is 2.17. The first kappa shape index (κ1) is 10.9. The Morgan fingerprint density at radius 2 is 2.08 bits per heavy atom. The van der Waals surface area contributed by atoms with Gasteiger partial charge in [0.05, 0.1) is 19.0 Å². The number of nitrogens with one attached hydrogen (secondary N) is 1. The minimum absolute atomic E-state index is 0.181. The van der Waals surface area contributed by atoms with Crippen LogP contribution in [0.4, 0.5) is 0 Å². The van der Waals surface area contributed by atoms with Crippen molar-refractivity contribution in [3.8, 4) is 0 Å². The Kier molecular flexibility index (Phi) is 4.11. The van der Waals surface area contributed by atoms with Crippen molar-refractivity contribution in [2.24, 2.45) is 5.92 Å². The summed E-state index contributed by atoms with van der Waals surface area (Å²) in [6.45, 7) is 0.617. The molecule has 1 fully saturated rings. The Morgan fingerprint density at radius 1 is 1.38 bits per heavy atom. The van der Waals surface area contributed by atoms with Crippen LogP contribution < -0.4 is 4.89 Å². The number of hydrogen-bond donors (Lipinski definition) is 1. The monoisotopic (exact) mass is 209 g/mol. The highest BCUT2D eigenvalue weighted by atomic mass is 32.2. The molecule has 0 radical (unpaired) electrons. The summed E-state index contributed by atoms with van der Waals surface area (Å²) in [6.07, 6.45) is 2.03. The van der Waals surface area contributed by atoms with Crippen molar-refractivity contribution in [1.82, 2.24) is 4.89 Å². The van der Waals surface area contributed by atoms with Crippen molar-refractivity contribution in [2.75, 3.05) is 26.1 Å². The molecule has 6 heteroatoms. The molecule has 0 aromatic carbocycles. The van der Waals surface area contributed by atoms with Gasteiger partial charge in [-0.3, -0.25) is 4.84 Å². The Bertz CT molecular complexity index is 235. The van der Waals surface area contributed by atoms with Crippen molar-refractivity contribution >= 4 is 10.0 Å². The molecule has 0 unspecified atom stereocenters. The zero-order valence-corrected chi connectivity index (χ0v) is 8.47. The highest BCUT2D eigenvalue weighted by molar-refractivity contribution is 7.89. The van der Waals surface area contributed by atoms with Crippen molar-refractivity contribution in [3.63, 3.8) is 0 Å². The third-order valence-corrected chi connectivity index (χ3v) is 3.01. The predicted octanol–water partition coefficient (Wildman–Crippen LogP) is -0.106. The molecule has 0 atom stereocenters. The van der Waals surface area contributed by atoms with E-state index in [2.05, 4.69) is 4.89 Å². The molecule has 1 saturated carbocycles. The summed E-state index contributed by atoms with van der Waals surface area (Å²) in [4.78, 5) is 6.76. The Hall–Kier alpha value is -0.170. The first-order valence-electron chi connectivity index (χ1n) is 4.24. The summed E-state index contributed by atoms with van der Waals surface area (Å²) in [5.41, 5.74) is 0. The normalized spacial score (nSPS) is 17.6. The average Bonchev–Trinajstić information content (AvgIpc) is 2.81. The van der Waals surface area contributed by atoms with Crippen LogP contribution in [0.3, 0.4) is 0 Å². The van der Waals surface area contributed by atoms with E-state index in [1.54, 1.807) is 0 Å². The Morgan fingerprint density at radius 3 is 2.62 bits per heavy atom. The lowest BCUT2D eigenvalue weighted by atomic mass is 10.5. The van der Waals surface area contributed by atoms with E-state index in [-0.39, 0.29) is 12.4 Å². The number of hydrogen-bond acceptors (Lipinski definition) is 4. The molecule has 0 aliphatic heterocycles. The maximum Gasteiger partial charge on any atom is 0.233 e. The molecule has 1 N–H and O–H groups in total. The molecule has 78 valence electrons. The minimum Gasteiger partial charge on any atom is -0.382 e. The number of rotatable bonds is 7. The van der Waals surface area contributed by atoms with Crippen LogP contribution >= 0.6 is 0 Å². The van der Waals surface area contributed by atoms with Gasteiger partial charge < -0.3 is 4.74 Å². The zero-order valence-electron chi connectivity index (χ0n) is 7.65. The van der Waals surface area contributed by atoms with Gasteiger partial charge in [-0.25, -0.2) is 8.42 Å². The van der Waals surface area contributed by atoms with E-state index in [0.29, 0.717) is 12.5 Å². The number of methoxy groups -OCH3 is 1. The molecule has 0 aromatic rings. The van der Waals surface area contributed by atoms with Gasteiger partial charge in [0.2, 0.25) is 10.0 Å². The molecule has 0 amide bonds. The van der Waals surface area contributed by atoms with E-state index in [4.69, 9.17) is 9.57 Å². The summed E-state index contributed by atoms with van der Waals surface area (Å²) in [5.74, 6) is 0.517. The molecule has 1 aliphatic rings. The maximum atomic E-state index is 11.2. The highest BCUT2D eigenvalue weighted by Crippen LogP contribution is 2.29. The second-order valence-corrected chi connectivity index (χ2v) is 4.88. The van der Waals surface area contributed by atoms with Gasteiger partial charge in [0.15, 0.2) is 0 Å². The smallest absolute Gasteiger partial charge is 0.233 e. The van der Waals surface area contributed by atoms with E-state index in [9.17, 15) is 8.42 Å². The van der Waals surface area contributed by atoms with Crippen LogP contribution in [0, 0.1) is 5.92 Å². The molecule has 5 nitrogen and oxygen atoms in total. The molecular formula is C7H15NO4S. The topological polar surface area (TPSA) is 64.6 Å². The van der Waals surface area contributed by atoms with Gasteiger partial charge in [-0.05, 0) is 18.8 Å². The third-order valence-electron chi connectivity index (χ3n) is 1.73. The minimum atomic E-state index is -3.23. The Labute approximate surface area is 78.4 Å². The Balaban J connectivity index is 2.10. The van der Waals surface area contributed by atoms with E-state index in [1.807, 2.05) is 0 Å². The second kappa shape index (κ2) is 4.90. The van der Waals surface area contributed by atoms with Gasteiger partial charge >= 0.3 is 0 Å². The average molecular weight is 209 g/mol. The highest BCUT2D eigenvalue weighted by Gasteiger charge is 2.27. The molecule has 0 bridgehead atoms. The fourth-order valence-electron chi connectivity index (χ4n) is 0.885. The molecule has 1 rings (SSSR count). The van der Waals surface area contributed by atoms with E-state index >= 15 is 0 Å². The molecule has 0 spiro atoms. The van der Waals surface area contributed by atoms with Crippen LogP contribution in [0.2, 0.25) is 0 Å². The van der Waals surface area contributed by atoms with Gasteiger partial charge in [-0.1, -0.05) is 4.89 Å². The largest absolute Gasteiger partial charge is 0.382 e. The maximum absolute atomic E-state index is 11.2. The van der Waals surface area contributed by atoms with Crippen molar-refractivity contribution in [3.05, 3.63) is 0 Å². The molecule has 0 aromatic heterocycles. The van der Waals surface area contributed by atoms with Crippen molar-refractivity contribution in [2.45, 2.75) is 12.8 Å². The molecular weight excluding hydrogens is 194 g/mol.